The zero-order chi connectivity index (χ0) is 48.9. The van der Waals surface area contributed by atoms with Crippen LogP contribution in [0.5, 0.6) is 5.75 Å². The molecule has 362 valence electrons. The topological polar surface area (TPSA) is 301 Å². The quantitative estimate of drug-likeness (QED) is 0.0655. The minimum atomic E-state index is -1.21. The standard InChI is InChI=1S/C45H57N7O15/c53-35(5-2-12-52-39(56)10-11-40(52)57)30-67-37-8-6-31(7-9-37)21-34(45(65)66)23-36(54)25-47-44(64)33-4-1-3-32(22-33)24-46-38(55)26-48-13-15-49(27-41(58)59)17-19-51(29-43(62)63)20-18-50(16-14-48)28-42(60)61/h1,3-4,6-11,22,34H,2,5,12-21,23-30H2,(H,46,55)(H,47,64)(H,58,59)(H,60,61)(H,62,63)(H,65,66)/t34-/m1/s1. The average molecular weight is 936 g/mol. The molecule has 4 amide bonds. The lowest BCUT2D eigenvalue weighted by atomic mass is 9.94. The summed E-state index contributed by atoms with van der Waals surface area (Å²) in [5.74, 6) is -7.72. The van der Waals surface area contributed by atoms with Gasteiger partial charge >= 0.3 is 23.9 Å². The third kappa shape index (κ3) is 19.6. The molecule has 0 saturated carbocycles. The maximum Gasteiger partial charge on any atom is 0.317 e. The molecule has 6 N–H and O–H groups in total. The van der Waals surface area contributed by atoms with Crippen LogP contribution in [0.15, 0.2) is 60.7 Å². The molecule has 1 fully saturated rings. The van der Waals surface area contributed by atoms with Crippen molar-refractivity contribution in [2.24, 2.45) is 5.92 Å². The Balaban J connectivity index is 1.22. The molecule has 2 aliphatic rings. The highest BCUT2D eigenvalue weighted by atomic mass is 16.5. The van der Waals surface area contributed by atoms with Crippen LogP contribution in [0, 0.1) is 5.92 Å². The molecule has 1 atom stereocenters. The molecule has 22 heteroatoms. The smallest absolute Gasteiger partial charge is 0.317 e. The summed E-state index contributed by atoms with van der Waals surface area (Å²) in [7, 11) is 0. The summed E-state index contributed by atoms with van der Waals surface area (Å²) in [5.41, 5.74) is 1.34. The lowest BCUT2D eigenvalue weighted by Crippen LogP contribution is -2.49. The van der Waals surface area contributed by atoms with E-state index in [9.17, 15) is 68.4 Å². The van der Waals surface area contributed by atoms with Crippen molar-refractivity contribution >= 4 is 59.1 Å². The van der Waals surface area contributed by atoms with Crippen LogP contribution in [0.25, 0.3) is 0 Å². The number of rotatable bonds is 25. The van der Waals surface area contributed by atoms with Crippen molar-refractivity contribution in [2.75, 3.05) is 98.2 Å². The van der Waals surface area contributed by atoms with E-state index in [0.29, 0.717) is 23.3 Å². The summed E-state index contributed by atoms with van der Waals surface area (Å²) in [4.78, 5) is 129. The number of imide groups is 1. The Kier molecular flexibility index (Phi) is 21.2. The monoisotopic (exact) mass is 935 g/mol. The molecule has 0 unspecified atom stereocenters. The second-order valence-electron chi connectivity index (χ2n) is 16.2. The minimum Gasteiger partial charge on any atom is -0.486 e. The first-order valence-electron chi connectivity index (χ1n) is 21.6. The lowest BCUT2D eigenvalue weighted by molar-refractivity contribution is -0.143. The number of carboxylic acids is 4. The Morgan fingerprint density at radius 2 is 1.15 bits per heavy atom. The number of carbonyl (C=O) groups is 10. The number of hydrogen-bond acceptors (Lipinski definition) is 15. The largest absolute Gasteiger partial charge is 0.486 e. The molecule has 22 nitrogen and oxygen atoms in total. The Labute approximate surface area is 386 Å². The number of hydrogen-bond donors (Lipinski definition) is 6. The highest BCUT2D eigenvalue weighted by molar-refractivity contribution is 6.12. The summed E-state index contributed by atoms with van der Waals surface area (Å²) in [5, 5.41) is 43.5. The maximum atomic E-state index is 13.2. The predicted molar refractivity (Wildman–Crippen MR) is 236 cm³/mol. The molecular weight excluding hydrogens is 879 g/mol. The molecule has 4 rings (SSSR count). The van der Waals surface area contributed by atoms with Crippen molar-refractivity contribution in [2.45, 2.75) is 32.2 Å². The molecule has 2 heterocycles. The van der Waals surface area contributed by atoms with Crippen LogP contribution in [0.2, 0.25) is 0 Å². The van der Waals surface area contributed by atoms with E-state index in [0.717, 1.165) is 4.90 Å². The molecule has 2 aromatic rings. The number of ketones is 2. The number of ether oxygens (including phenoxy) is 1. The van der Waals surface area contributed by atoms with Gasteiger partial charge in [-0.15, -0.1) is 0 Å². The van der Waals surface area contributed by atoms with Gasteiger partial charge in [-0.2, -0.15) is 0 Å². The number of Topliss-reactive ketones (excluding diaryl/α,β-unsaturated/α-hetero) is 2. The number of aliphatic carboxylic acids is 4. The number of nitrogens with one attached hydrogen (secondary N) is 2. The fourth-order valence-corrected chi connectivity index (χ4v) is 7.27. The molecule has 0 radical (unpaired) electrons. The van der Waals surface area contributed by atoms with Crippen molar-refractivity contribution < 1.29 is 73.1 Å². The van der Waals surface area contributed by atoms with Crippen LogP contribution in [0.1, 0.15) is 40.7 Å². The molecular formula is C45H57N7O15. The van der Waals surface area contributed by atoms with Crippen molar-refractivity contribution in [1.29, 1.82) is 0 Å². The van der Waals surface area contributed by atoms with Gasteiger partial charge in [-0.05, 0) is 48.2 Å². The lowest BCUT2D eigenvalue weighted by Gasteiger charge is -2.32. The molecule has 2 aliphatic heterocycles. The van der Waals surface area contributed by atoms with E-state index in [-0.39, 0.29) is 129 Å². The van der Waals surface area contributed by atoms with Crippen LogP contribution in [0.4, 0.5) is 0 Å². The van der Waals surface area contributed by atoms with Crippen LogP contribution >= 0.6 is 0 Å². The fourth-order valence-electron chi connectivity index (χ4n) is 7.27. The van der Waals surface area contributed by atoms with Gasteiger partial charge in [-0.1, -0.05) is 24.3 Å². The van der Waals surface area contributed by atoms with Crippen molar-refractivity contribution in [3.8, 4) is 5.75 Å². The van der Waals surface area contributed by atoms with Gasteiger partial charge in [0, 0.05) is 96.0 Å². The molecule has 0 bridgehead atoms. The van der Waals surface area contributed by atoms with Crippen LogP contribution in [-0.4, -0.2) is 202 Å². The molecule has 0 aliphatic carbocycles. The minimum absolute atomic E-state index is 0.00390. The first-order chi connectivity index (χ1) is 31.9. The average Bonchev–Trinajstić information content (AvgIpc) is 3.60. The van der Waals surface area contributed by atoms with Gasteiger partial charge in [-0.3, -0.25) is 72.4 Å². The highest BCUT2D eigenvalue weighted by Crippen LogP contribution is 2.18. The van der Waals surface area contributed by atoms with Gasteiger partial charge in [0.05, 0.1) is 38.6 Å². The number of carboxylic acid groups (broad SMARTS) is 4. The SMILES string of the molecule is O=C(O)CN1CCN(CC(=O)O)CCN(CC(=O)NCc2cccc(C(=O)NCC(=O)C[C@@H](Cc3ccc(OCC(=O)CCCN4C(=O)C=CC4=O)cc3)C(=O)O)c2)CCN(CC(=O)O)CC1. The van der Waals surface area contributed by atoms with Gasteiger partial charge in [0.25, 0.3) is 17.7 Å². The van der Waals surface area contributed by atoms with Crippen molar-refractivity contribution in [3.63, 3.8) is 0 Å². The van der Waals surface area contributed by atoms with Crippen LogP contribution < -0.4 is 15.4 Å². The zero-order valence-corrected chi connectivity index (χ0v) is 37.0. The zero-order valence-electron chi connectivity index (χ0n) is 37.0. The van der Waals surface area contributed by atoms with Gasteiger partial charge in [0.2, 0.25) is 5.91 Å². The Morgan fingerprint density at radius 3 is 1.66 bits per heavy atom. The van der Waals surface area contributed by atoms with Gasteiger partial charge in [-0.25, -0.2) is 0 Å². The fraction of sp³-hybridized carbons (Fsp3) is 0.467. The summed E-state index contributed by atoms with van der Waals surface area (Å²) in [6, 6.07) is 12.7. The summed E-state index contributed by atoms with van der Waals surface area (Å²) < 4.78 is 5.52. The Bertz CT molecular complexity index is 2100. The third-order valence-corrected chi connectivity index (χ3v) is 10.9. The summed E-state index contributed by atoms with van der Waals surface area (Å²) >= 11 is 0. The van der Waals surface area contributed by atoms with E-state index in [1.54, 1.807) is 56.0 Å². The molecule has 67 heavy (non-hydrogen) atoms. The van der Waals surface area contributed by atoms with Crippen LogP contribution in [-0.2, 0) is 56.1 Å². The molecule has 1 saturated heterocycles. The normalized spacial score (nSPS) is 16.1. The number of amides is 4. The first-order valence-corrected chi connectivity index (χ1v) is 21.6. The van der Waals surface area contributed by atoms with E-state index in [4.69, 9.17) is 4.74 Å². The van der Waals surface area contributed by atoms with Gasteiger partial charge in [0.1, 0.15) is 12.4 Å². The Hall–Kier alpha value is -6.88. The van der Waals surface area contributed by atoms with E-state index < -0.39 is 65.8 Å². The van der Waals surface area contributed by atoms with E-state index >= 15 is 0 Å². The Morgan fingerprint density at radius 1 is 0.627 bits per heavy atom. The van der Waals surface area contributed by atoms with Gasteiger partial charge in [0.15, 0.2) is 11.6 Å². The second kappa shape index (κ2) is 26.9. The summed E-state index contributed by atoms with van der Waals surface area (Å²) in [6.07, 6.45) is 2.38. The number of carbonyl (C=O) groups excluding carboxylic acids is 6. The van der Waals surface area contributed by atoms with E-state index in [2.05, 4.69) is 10.6 Å². The van der Waals surface area contributed by atoms with Crippen molar-refractivity contribution in [1.82, 2.24) is 35.1 Å². The van der Waals surface area contributed by atoms with Gasteiger partial charge < -0.3 is 35.8 Å². The van der Waals surface area contributed by atoms with E-state index in [1.807, 2.05) is 0 Å². The number of nitrogens with zero attached hydrogens (tertiary/aromatic N) is 5. The van der Waals surface area contributed by atoms with Crippen LogP contribution in [0.3, 0.4) is 0 Å². The number of benzene rings is 2. The maximum absolute atomic E-state index is 13.2. The predicted octanol–water partition coefficient (Wildman–Crippen LogP) is -0.936. The highest BCUT2D eigenvalue weighted by Gasteiger charge is 2.25. The first kappa shape index (κ1) is 52.7. The molecule has 0 spiro atoms. The summed E-state index contributed by atoms with van der Waals surface area (Å²) in [6.45, 7) is 0.414. The molecule has 0 aromatic heterocycles. The molecule has 2 aromatic carbocycles. The third-order valence-electron chi connectivity index (χ3n) is 10.9. The second-order valence-corrected chi connectivity index (χ2v) is 16.2. The van der Waals surface area contributed by atoms with E-state index in [1.165, 1.54) is 24.3 Å². The van der Waals surface area contributed by atoms with Crippen molar-refractivity contribution in [3.05, 3.63) is 77.4 Å².